The van der Waals surface area contributed by atoms with E-state index in [4.69, 9.17) is 14.2 Å². The number of rotatable bonds is 51. The highest BCUT2D eigenvalue weighted by atomic mass is 16.6. The molecule has 0 aromatic heterocycles. The van der Waals surface area contributed by atoms with E-state index < -0.39 is 6.10 Å². The van der Waals surface area contributed by atoms with E-state index >= 15 is 0 Å². The minimum atomic E-state index is -0.763. The van der Waals surface area contributed by atoms with Crippen molar-refractivity contribution in [2.45, 2.75) is 323 Å². The van der Waals surface area contributed by atoms with Crippen molar-refractivity contribution in [2.75, 3.05) is 13.2 Å². The van der Waals surface area contributed by atoms with Crippen molar-refractivity contribution in [3.05, 3.63) is 0 Å². The predicted molar refractivity (Wildman–Crippen MR) is 270 cm³/mol. The second kappa shape index (κ2) is 49.8. The van der Waals surface area contributed by atoms with E-state index in [1.165, 1.54) is 205 Å². The molecule has 0 aliphatic carbocycles. The van der Waals surface area contributed by atoms with E-state index in [-0.39, 0.29) is 31.1 Å². The largest absolute Gasteiger partial charge is 0.462 e. The standard InChI is InChI=1S/C57H110O6/c1-6-7-8-9-10-11-12-13-14-15-16-17-18-21-24-27-32-37-42-47-55(58)61-50-54(63-57(60)49-44-39-34-29-31-36-41-46-53(4)5)51-62-56(59)48-43-38-33-28-25-22-19-20-23-26-30-35-40-45-52(2)3/h52-54H,6-51H2,1-5H3/t54-/m1/s1. The van der Waals surface area contributed by atoms with Gasteiger partial charge in [0.25, 0.3) is 0 Å². The van der Waals surface area contributed by atoms with Gasteiger partial charge in [0, 0.05) is 19.3 Å². The summed E-state index contributed by atoms with van der Waals surface area (Å²) in [5.41, 5.74) is 0. The van der Waals surface area contributed by atoms with E-state index in [1.54, 1.807) is 0 Å². The van der Waals surface area contributed by atoms with Gasteiger partial charge in [0.2, 0.25) is 0 Å². The summed E-state index contributed by atoms with van der Waals surface area (Å²) >= 11 is 0. The first kappa shape index (κ1) is 61.4. The van der Waals surface area contributed by atoms with Gasteiger partial charge in [-0.15, -0.1) is 0 Å². The molecule has 6 heteroatoms. The molecule has 0 radical (unpaired) electrons. The molecule has 0 amide bonds. The molecule has 0 aliphatic rings. The number of ether oxygens (including phenoxy) is 3. The third-order valence-corrected chi connectivity index (χ3v) is 13.0. The fourth-order valence-electron chi connectivity index (χ4n) is 8.70. The van der Waals surface area contributed by atoms with Crippen molar-refractivity contribution in [3.8, 4) is 0 Å². The van der Waals surface area contributed by atoms with Crippen LogP contribution < -0.4 is 0 Å². The first-order chi connectivity index (χ1) is 30.7. The molecule has 374 valence electrons. The molecule has 6 nitrogen and oxygen atoms in total. The van der Waals surface area contributed by atoms with Crippen LogP contribution in [0, 0.1) is 11.8 Å². The summed E-state index contributed by atoms with van der Waals surface area (Å²) in [6.07, 6.45) is 52.5. The Bertz CT molecular complexity index is 962. The lowest BCUT2D eigenvalue weighted by Crippen LogP contribution is -2.30. The van der Waals surface area contributed by atoms with Crippen LogP contribution in [-0.2, 0) is 28.6 Å². The molecule has 0 saturated carbocycles. The van der Waals surface area contributed by atoms with Crippen LogP contribution in [0.15, 0.2) is 0 Å². The summed E-state index contributed by atoms with van der Waals surface area (Å²) in [6, 6.07) is 0. The summed E-state index contributed by atoms with van der Waals surface area (Å²) in [7, 11) is 0. The van der Waals surface area contributed by atoms with E-state index in [2.05, 4.69) is 34.6 Å². The van der Waals surface area contributed by atoms with Gasteiger partial charge in [-0.3, -0.25) is 14.4 Å². The summed E-state index contributed by atoms with van der Waals surface area (Å²) in [5, 5.41) is 0. The van der Waals surface area contributed by atoms with Crippen LogP contribution in [0.4, 0.5) is 0 Å². The zero-order chi connectivity index (χ0) is 46.1. The van der Waals surface area contributed by atoms with Gasteiger partial charge in [-0.25, -0.2) is 0 Å². The molecular weight excluding hydrogens is 781 g/mol. The average molecular weight is 892 g/mol. The molecule has 0 saturated heterocycles. The predicted octanol–water partition coefficient (Wildman–Crippen LogP) is 18.5. The molecule has 0 aromatic rings. The third-order valence-electron chi connectivity index (χ3n) is 13.0. The monoisotopic (exact) mass is 891 g/mol. The minimum absolute atomic E-state index is 0.0638. The topological polar surface area (TPSA) is 78.9 Å². The summed E-state index contributed by atoms with van der Waals surface area (Å²) in [5.74, 6) is 0.771. The van der Waals surface area contributed by atoms with Crippen molar-refractivity contribution in [2.24, 2.45) is 11.8 Å². The molecule has 0 N–H and O–H groups in total. The maximum atomic E-state index is 12.8. The molecule has 1 atom stereocenters. The lowest BCUT2D eigenvalue weighted by Gasteiger charge is -2.18. The van der Waals surface area contributed by atoms with Crippen molar-refractivity contribution in [1.29, 1.82) is 0 Å². The van der Waals surface area contributed by atoms with E-state index in [0.29, 0.717) is 19.3 Å². The Morgan fingerprint density at radius 2 is 0.524 bits per heavy atom. The fraction of sp³-hybridized carbons (Fsp3) is 0.947. The Morgan fingerprint density at radius 1 is 0.302 bits per heavy atom. The Hall–Kier alpha value is -1.59. The molecular formula is C57H110O6. The first-order valence-electron chi connectivity index (χ1n) is 28.2. The molecule has 0 spiro atoms. The highest BCUT2D eigenvalue weighted by Gasteiger charge is 2.19. The molecule has 0 unspecified atom stereocenters. The number of unbranched alkanes of at least 4 members (excludes halogenated alkanes) is 36. The van der Waals surface area contributed by atoms with E-state index in [9.17, 15) is 14.4 Å². The van der Waals surface area contributed by atoms with Crippen molar-refractivity contribution in [3.63, 3.8) is 0 Å². The zero-order valence-corrected chi connectivity index (χ0v) is 43.2. The van der Waals surface area contributed by atoms with Crippen LogP contribution >= 0.6 is 0 Å². The van der Waals surface area contributed by atoms with Gasteiger partial charge in [0.05, 0.1) is 0 Å². The molecule has 0 heterocycles. The quantitative estimate of drug-likeness (QED) is 0.0344. The molecule has 0 rings (SSSR count). The lowest BCUT2D eigenvalue weighted by molar-refractivity contribution is -0.167. The maximum absolute atomic E-state index is 12.8. The Balaban J connectivity index is 4.22. The third kappa shape index (κ3) is 51.3. The van der Waals surface area contributed by atoms with Crippen LogP contribution in [0.25, 0.3) is 0 Å². The summed E-state index contributed by atoms with van der Waals surface area (Å²) < 4.78 is 16.8. The van der Waals surface area contributed by atoms with Crippen LogP contribution in [-0.4, -0.2) is 37.2 Å². The van der Waals surface area contributed by atoms with Crippen LogP contribution in [0.2, 0.25) is 0 Å². The summed E-state index contributed by atoms with van der Waals surface area (Å²) in [6.45, 7) is 11.4. The summed E-state index contributed by atoms with van der Waals surface area (Å²) in [4.78, 5) is 38.0. The number of esters is 3. The average Bonchev–Trinajstić information content (AvgIpc) is 3.25. The molecule has 0 bridgehead atoms. The van der Waals surface area contributed by atoms with Crippen LogP contribution in [0.5, 0.6) is 0 Å². The number of hydrogen-bond acceptors (Lipinski definition) is 6. The van der Waals surface area contributed by atoms with Crippen molar-refractivity contribution >= 4 is 17.9 Å². The van der Waals surface area contributed by atoms with E-state index in [0.717, 1.165) is 69.6 Å². The zero-order valence-electron chi connectivity index (χ0n) is 43.2. The smallest absolute Gasteiger partial charge is 0.306 e. The minimum Gasteiger partial charge on any atom is -0.462 e. The lowest BCUT2D eigenvalue weighted by atomic mass is 10.0. The molecule has 63 heavy (non-hydrogen) atoms. The van der Waals surface area contributed by atoms with Crippen LogP contribution in [0.1, 0.15) is 317 Å². The van der Waals surface area contributed by atoms with E-state index in [1.807, 2.05) is 0 Å². The highest BCUT2D eigenvalue weighted by molar-refractivity contribution is 5.71. The van der Waals surface area contributed by atoms with Gasteiger partial charge in [0.15, 0.2) is 6.10 Å². The van der Waals surface area contributed by atoms with Gasteiger partial charge in [-0.05, 0) is 31.1 Å². The second-order valence-corrected chi connectivity index (χ2v) is 20.5. The Labute approximate surface area is 393 Å². The molecule has 0 fully saturated rings. The van der Waals surface area contributed by atoms with Crippen molar-refractivity contribution < 1.29 is 28.6 Å². The van der Waals surface area contributed by atoms with Gasteiger partial charge in [0.1, 0.15) is 13.2 Å². The normalized spacial score (nSPS) is 12.0. The van der Waals surface area contributed by atoms with Crippen molar-refractivity contribution in [1.82, 2.24) is 0 Å². The van der Waals surface area contributed by atoms with Gasteiger partial charge >= 0.3 is 17.9 Å². The maximum Gasteiger partial charge on any atom is 0.306 e. The molecule has 0 aromatic carbocycles. The van der Waals surface area contributed by atoms with Gasteiger partial charge in [-0.1, -0.05) is 279 Å². The SMILES string of the molecule is CCCCCCCCCCCCCCCCCCCCCC(=O)OC[C@H](COC(=O)CCCCCCCCCCCCCCCC(C)C)OC(=O)CCCCCCCCCC(C)C. The molecule has 0 aliphatic heterocycles. The second-order valence-electron chi connectivity index (χ2n) is 20.5. The number of carbonyl (C=O) groups is 3. The van der Waals surface area contributed by atoms with Gasteiger partial charge < -0.3 is 14.2 Å². The highest BCUT2D eigenvalue weighted by Crippen LogP contribution is 2.18. The fourth-order valence-corrected chi connectivity index (χ4v) is 8.70. The number of hydrogen-bond donors (Lipinski definition) is 0. The Kier molecular flexibility index (Phi) is 48.6. The van der Waals surface area contributed by atoms with Gasteiger partial charge in [-0.2, -0.15) is 0 Å². The Morgan fingerprint density at radius 3 is 0.778 bits per heavy atom. The first-order valence-corrected chi connectivity index (χ1v) is 28.2. The number of carbonyl (C=O) groups excluding carboxylic acids is 3. The van der Waals surface area contributed by atoms with Crippen LogP contribution in [0.3, 0.4) is 0 Å².